The Kier molecular flexibility index (Phi) is 6.68. The van der Waals surface area contributed by atoms with Gasteiger partial charge in [-0.1, -0.05) is 29.8 Å². The molecule has 37 heavy (non-hydrogen) atoms. The van der Waals surface area contributed by atoms with Gasteiger partial charge in [0.05, 0.1) is 22.5 Å². The maximum Gasteiger partial charge on any atom is 0.364 e. The van der Waals surface area contributed by atoms with Crippen LogP contribution in [-0.2, 0) is 4.79 Å². The lowest BCUT2D eigenvalue weighted by atomic mass is 9.71. The molecule has 2 N–H and O–H groups in total. The number of carbonyl (C=O) groups is 3. The van der Waals surface area contributed by atoms with Gasteiger partial charge in [0.1, 0.15) is 11.4 Å². The maximum atomic E-state index is 13.8. The van der Waals surface area contributed by atoms with Crippen LogP contribution in [0.5, 0.6) is 5.75 Å². The number of imidazole rings is 1. The molecule has 1 aliphatic heterocycles. The third-order valence-electron chi connectivity index (χ3n) is 7.08. The van der Waals surface area contributed by atoms with Gasteiger partial charge < -0.3 is 19.9 Å². The molecule has 1 saturated heterocycles. The van der Waals surface area contributed by atoms with Gasteiger partial charge in [-0.2, -0.15) is 0 Å². The van der Waals surface area contributed by atoms with Gasteiger partial charge in [0.15, 0.2) is 17.3 Å². The molecular weight excluding hydrogens is 506 g/mol. The average Bonchev–Trinajstić information content (AvgIpc) is 3.50. The minimum absolute atomic E-state index is 0.00249. The lowest BCUT2D eigenvalue weighted by Crippen LogP contribution is -2.44. The van der Waals surface area contributed by atoms with E-state index in [1.165, 1.54) is 11.2 Å². The Morgan fingerprint density at radius 2 is 1.81 bits per heavy atom. The van der Waals surface area contributed by atoms with Crippen molar-refractivity contribution in [3.63, 3.8) is 0 Å². The molecule has 2 amide bonds. The lowest BCUT2D eigenvalue weighted by molar-refractivity contribution is -0.127. The van der Waals surface area contributed by atoms with Crippen LogP contribution in [0.1, 0.15) is 53.1 Å². The number of rotatable bonds is 5. The number of ether oxygens (including phenoxy) is 1. The summed E-state index contributed by atoms with van der Waals surface area (Å²) in [5.41, 5.74) is -0.614. The number of hydrogen-bond acceptors (Lipinski definition) is 5. The number of aromatic amines is 1. The number of nitrogens with zero attached hydrogens (tertiary/aromatic N) is 2. The van der Waals surface area contributed by atoms with Crippen LogP contribution in [0.15, 0.2) is 48.8 Å². The van der Waals surface area contributed by atoms with Gasteiger partial charge in [0.25, 0.3) is 5.91 Å². The van der Waals surface area contributed by atoms with Crippen LogP contribution in [-0.4, -0.2) is 40.3 Å². The highest BCUT2D eigenvalue weighted by molar-refractivity contribution is 6.34. The molecule has 2 heterocycles. The van der Waals surface area contributed by atoms with E-state index in [0.717, 1.165) is 12.1 Å². The largest absolute Gasteiger partial charge is 0.422 e. The Balaban J connectivity index is 1.21. The number of para-hydroxylation sites is 1. The Morgan fingerprint density at radius 3 is 2.54 bits per heavy atom. The van der Waals surface area contributed by atoms with E-state index in [9.17, 15) is 23.2 Å². The highest BCUT2D eigenvalue weighted by atomic mass is 35.5. The third-order valence-corrected chi connectivity index (χ3v) is 7.39. The number of H-pyrrole nitrogens is 1. The van der Waals surface area contributed by atoms with E-state index in [2.05, 4.69) is 15.3 Å². The highest BCUT2D eigenvalue weighted by Crippen LogP contribution is 2.47. The van der Waals surface area contributed by atoms with Gasteiger partial charge in [0, 0.05) is 18.7 Å². The molecule has 1 aromatic heterocycles. The van der Waals surface area contributed by atoms with Gasteiger partial charge >= 0.3 is 5.97 Å². The number of amides is 2. The van der Waals surface area contributed by atoms with Gasteiger partial charge in [-0.3, -0.25) is 9.59 Å². The topological polar surface area (TPSA) is 104 Å². The SMILES string of the molecule is O=C(Oc1ccccc1)c1nc[nH]c1C(=O)NC1CCC2(CC1)CCN(c1cc(F)c(F)cc1Cl)C2=O. The Labute approximate surface area is 216 Å². The van der Waals surface area contributed by atoms with Gasteiger partial charge in [-0.05, 0) is 50.3 Å². The summed E-state index contributed by atoms with van der Waals surface area (Å²) in [7, 11) is 0. The van der Waals surface area contributed by atoms with Crippen molar-refractivity contribution in [2.24, 2.45) is 5.41 Å². The van der Waals surface area contributed by atoms with Gasteiger partial charge in [0.2, 0.25) is 5.91 Å². The molecule has 2 fully saturated rings. The molecule has 2 aromatic carbocycles. The first-order valence-electron chi connectivity index (χ1n) is 11.9. The smallest absolute Gasteiger partial charge is 0.364 e. The van der Waals surface area contributed by atoms with E-state index < -0.39 is 28.9 Å². The molecular formula is C26H23ClF2N4O4. The normalized spacial score (nSPS) is 21.3. The second-order valence-electron chi connectivity index (χ2n) is 9.28. The first kappa shape index (κ1) is 24.9. The second-order valence-corrected chi connectivity index (χ2v) is 9.69. The highest BCUT2D eigenvalue weighted by Gasteiger charge is 2.49. The van der Waals surface area contributed by atoms with Crippen molar-refractivity contribution in [3.05, 3.63) is 76.8 Å². The van der Waals surface area contributed by atoms with Crippen molar-refractivity contribution in [1.82, 2.24) is 15.3 Å². The van der Waals surface area contributed by atoms with Gasteiger partial charge in [-0.15, -0.1) is 0 Å². The molecule has 192 valence electrons. The molecule has 2 aliphatic rings. The molecule has 0 unspecified atom stereocenters. The number of carbonyl (C=O) groups excluding carboxylic acids is 3. The van der Waals surface area contributed by atoms with Crippen LogP contribution in [0.2, 0.25) is 5.02 Å². The van der Waals surface area contributed by atoms with E-state index in [0.29, 0.717) is 44.4 Å². The van der Waals surface area contributed by atoms with Crippen LogP contribution in [0.4, 0.5) is 14.5 Å². The van der Waals surface area contributed by atoms with Crippen molar-refractivity contribution in [3.8, 4) is 5.75 Å². The number of benzene rings is 2. The molecule has 0 bridgehead atoms. The summed E-state index contributed by atoms with van der Waals surface area (Å²) >= 11 is 6.09. The Hall–Kier alpha value is -3.79. The van der Waals surface area contributed by atoms with E-state index in [1.807, 2.05) is 0 Å². The standard InChI is InChI=1S/C26H23ClF2N4O4/c27-17-12-18(28)19(29)13-20(17)33-11-10-26(25(33)36)8-6-15(7-9-26)32-23(34)21-22(31-14-30-21)24(35)37-16-4-2-1-3-5-16/h1-5,12-15H,6-11H2,(H,30,31)(H,32,34). The molecule has 5 rings (SSSR count). The molecule has 8 nitrogen and oxygen atoms in total. The molecule has 3 aromatic rings. The fourth-order valence-corrected chi connectivity index (χ4v) is 5.32. The second kappa shape index (κ2) is 9.93. The summed E-state index contributed by atoms with van der Waals surface area (Å²) in [5, 5.41) is 2.89. The predicted molar refractivity (Wildman–Crippen MR) is 130 cm³/mol. The van der Waals surface area contributed by atoms with Crippen LogP contribution in [0, 0.1) is 17.0 Å². The van der Waals surface area contributed by atoms with Crippen molar-refractivity contribution in [2.75, 3.05) is 11.4 Å². The molecule has 11 heteroatoms. The summed E-state index contributed by atoms with van der Waals surface area (Å²) in [6.07, 6.45) is 3.91. The Morgan fingerprint density at radius 1 is 1.11 bits per heavy atom. The molecule has 1 saturated carbocycles. The third kappa shape index (κ3) is 4.81. The number of nitrogens with one attached hydrogen (secondary N) is 2. The quantitative estimate of drug-likeness (QED) is 0.285. The summed E-state index contributed by atoms with van der Waals surface area (Å²) in [6.45, 7) is 0.349. The number of esters is 1. The number of anilines is 1. The summed E-state index contributed by atoms with van der Waals surface area (Å²) in [5.74, 6) is -3.23. The fraction of sp³-hybridized carbons (Fsp3) is 0.308. The monoisotopic (exact) mass is 528 g/mol. The summed E-state index contributed by atoms with van der Waals surface area (Å²) < 4.78 is 32.6. The van der Waals surface area contributed by atoms with Crippen molar-refractivity contribution < 1.29 is 27.9 Å². The average molecular weight is 529 g/mol. The first-order chi connectivity index (χ1) is 17.8. The minimum Gasteiger partial charge on any atom is -0.422 e. The van der Waals surface area contributed by atoms with Crippen LogP contribution >= 0.6 is 11.6 Å². The molecule has 0 atom stereocenters. The zero-order valence-electron chi connectivity index (χ0n) is 19.6. The summed E-state index contributed by atoms with van der Waals surface area (Å²) in [4.78, 5) is 46.8. The Bertz CT molecular complexity index is 1360. The number of hydrogen-bond donors (Lipinski definition) is 2. The fourth-order valence-electron chi connectivity index (χ4n) is 5.07. The number of aromatic nitrogens is 2. The van der Waals surface area contributed by atoms with Crippen molar-refractivity contribution in [2.45, 2.75) is 38.1 Å². The molecule has 1 spiro atoms. The van der Waals surface area contributed by atoms with Crippen LogP contribution < -0.4 is 15.0 Å². The van der Waals surface area contributed by atoms with E-state index in [4.69, 9.17) is 16.3 Å². The molecule has 1 aliphatic carbocycles. The predicted octanol–water partition coefficient (Wildman–Crippen LogP) is 4.66. The zero-order chi connectivity index (χ0) is 26.2. The van der Waals surface area contributed by atoms with Crippen LogP contribution in [0.25, 0.3) is 0 Å². The van der Waals surface area contributed by atoms with E-state index in [-0.39, 0.29) is 34.0 Å². The maximum absolute atomic E-state index is 13.8. The zero-order valence-corrected chi connectivity index (χ0v) is 20.4. The molecule has 0 radical (unpaired) electrons. The summed E-state index contributed by atoms with van der Waals surface area (Å²) in [6, 6.07) is 10.1. The van der Waals surface area contributed by atoms with Gasteiger partial charge in [-0.25, -0.2) is 18.6 Å². The minimum atomic E-state index is -1.07. The van der Waals surface area contributed by atoms with E-state index >= 15 is 0 Å². The van der Waals surface area contributed by atoms with Crippen molar-refractivity contribution >= 4 is 35.1 Å². The van der Waals surface area contributed by atoms with Crippen LogP contribution in [0.3, 0.4) is 0 Å². The van der Waals surface area contributed by atoms with Crippen molar-refractivity contribution in [1.29, 1.82) is 0 Å². The van der Waals surface area contributed by atoms with E-state index in [1.54, 1.807) is 30.3 Å². The number of halogens is 3. The first-order valence-corrected chi connectivity index (χ1v) is 12.2. The lowest BCUT2D eigenvalue weighted by Gasteiger charge is -2.36.